The highest BCUT2D eigenvalue weighted by molar-refractivity contribution is 6.09. The maximum atomic E-state index is 11.6. The highest BCUT2D eigenvalue weighted by Gasteiger charge is 2.61. The zero-order chi connectivity index (χ0) is 81.3. The van der Waals surface area contributed by atoms with Crippen molar-refractivity contribution in [1.82, 2.24) is 61.9 Å². The molecule has 0 amide bonds. The van der Waals surface area contributed by atoms with Crippen molar-refractivity contribution in [2.45, 2.75) is 184 Å². The third kappa shape index (κ3) is 8.80. The monoisotopic (exact) mass is 1570 g/mol. The number of aromatic nitrogens is 12. The number of rotatable bonds is 5. The summed E-state index contributed by atoms with van der Waals surface area (Å²) in [6.07, 6.45) is 4.39. The molecule has 0 fully saturated rings. The molecule has 3 spiro atoms. The van der Waals surface area contributed by atoms with Crippen LogP contribution in [0, 0.1) is 47.8 Å². The Balaban J connectivity index is 0.656. The van der Waals surface area contributed by atoms with Crippen molar-refractivity contribution in [2.75, 3.05) is 14.2 Å². The van der Waals surface area contributed by atoms with Crippen molar-refractivity contribution in [3.8, 4) is 86.9 Å². The molecule has 6 aliphatic carbocycles. The molecule has 118 heavy (non-hydrogen) atoms. The van der Waals surface area contributed by atoms with Gasteiger partial charge in [-0.1, -0.05) is 83.1 Å². The molecule has 3 atom stereocenters. The molecule has 7 aliphatic rings. The summed E-state index contributed by atoms with van der Waals surface area (Å²) in [5.41, 5.74) is 16.1. The lowest BCUT2D eigenvalue weighted by atomic mass is 9.72. The molecular formula is C91H75N15O12. The van der Waals surface area contributed by atoms with E-state index in [9.17, 15) is 15.8 Å². The second-order valence-corrected chi connectivity index (χ2v) is 37.5. The molecule has 0 saturated carbocycles. The van der Waals surface area contributed by atoms with Gasteiger partial charge >= 0.3 is 0 Å². The number of nitrogens with zero attached hydrogens (tertiary/aromatic N) is 12. The van der Waals surface area contributed by atoms with Crippen LogP contribution in [-0.4, -0.2) is 76.1 Å². The van der Waals surface area contributed by atoms with Gasteiger partial charge in [-0.15, -0.1) is 15.3 Å². The van der Waals surface area contributed by atoms with E-state index >= 15 is 0 Å². The number of methoxy groups -OCH3 is 2. The van der Waals surface area contributed by atoms with Crippen LogP contribution in [0.2, 0.25) is 0 Å². The maximum absolute atomic E-state index is 11.6. The van der Waals surface area contributed by atoms with Crippen LogP contribution in [0.4, 0.5) is 0 Å². The number of aromatic amines is 3. The Labute approximate surface area is 670 Å². The van der Waals surface area contributed by atoms with Crippen molar-refractivity contribution in [2.24, 2.45) is 0 Å². The zero-order valence-electron chi connectivity index (χ0n) is 67.4. The molecule has 1 aliphatic heterocycles. The molecule has 3 unspecified atom stereocenters. The average Bonchev–Trinajstić information content (AvgIpc) is 1.52. The van der Waals surface area contributed by atoms with E-state index in [0.29, 0.717) is 121 Å². The van der Waals surface area contributed by atoms with Crippen molar-refractivity contribution in [1.29, 1.82) is 15.8 Å². The number of tetrazole rings is 3. The minimum Gasteiger partial charge on any atom is -0.493 e. The van der Waals surface area contributed by atoms with Gasteiger partial charge in [0.1, 0.15) is 40.5 Å². The van der Waals surface area contributed by atoms with E-state index in [0.717, 1.165) is 86.0 Å². The fourth-order valence-electron chi connectivity index (χ4n) is 23.3. The molecule has 586 valence electrons. The van der Waals surface area contributed by atoms with Crippen LogP contribution < -0.4 is 18.9 Å². The van der Waals surface area contributed by atoms with Gasteiger partial charge in [-0.3, -0.25) is 0 Å². The van der Waals surface area contributed by atoms with E-state index in [1.54, 1.807) is 14.2 Å². The predicted molar refractivity (Wildman–Crippen MR) is 430 cm³/mol. The summed E-state index contributed by atoms with van der Waals surface area (Å²) in [7, 11) is 3.33. The van der Waals surface area contributed by atoms with Gasteiger partial charge in [0.15, 0.2) is 141 Å². The first kappa shape index (κ1) is 69.7. The fraction of sp³-hybridized carbons (Fsp3) is 0.341. The van der Waals surface area contributed by atoms with Crippen molar-refractivity contribution < 1.29 is 54.3 Å². The Morgan fingerprint density at radius 3 is 0.822 bits per heavy atom. The molecular weight excluding hydrogens is 1500 g/mol. The van der Waals surface area contributed by atoms with Crippen molar-refractivity contribution in [3.05, 3.63) is 167 Å². The Hall–Kier alpha value is -13.7. The van der Waals surface area contributed by atoms with E-state index in [1.165, 1.54) is 11.1 Å². The minimum absolute atomic E-state index is 0.0141. The Morgan fingerprint density at radius 2 is 0.542 bits per heavy atom. The lowest BCUT2D eigenvalue weighted by Crippen LogP contribution is -2.27. The molecule has 27 heteroatoms. The van der Waals surface area contributed by atoms with Gasteiger partial charge in [-0.25, -0.2) is 15.3 Å². The van der Waals surface area contributed by atoms with E-state index < -0.39 is 32.5 Å². The first-order valence-corrected chi connectivity index (χ1v) is 39.4. The molecule has 23 rings (SSSR count). The van der Waals surface area contributed by atoms with Crippen LogP contribution in [0.3, 0.4) is 0 Å². The summed E-state index contributed by atoms with van der Waals surface area (Å²) in [6.45, 7) is 31.0. The molecule has 0 radical (unpaired) electrons. The standard InChI is InChI=1S/C91H75N15O12/c1-38-39(2)68(81-97-103-104-98-81)77-76(67(38)80-95-101-102-96-80)115-61-22-48-54(28-66(61)116-77)91(37-88(48,13)14)36-87(11,12)47-21-60-64(26-52(47)91)114-75-42(31-94)74-79(69(78(75)117-60)82-99-105-106-100-82)118-65-27-53-46(20-59(65)113-74)86(9,10)35-90(53)34-85(7,8)45-19-58-63(25-51(45)90)112-73-41(30-93)70-72(40(29-92)71(73)110-58)111-62-24-50-44(18-57(62)109-70)84(5,6)33-89(50)32-83(3,4)43-17-55(107-15)56(108-16)23-49(43)89/h17-28H,32-37H2,1-16H3,(H,95,96,101,102)(H,97,98,103,104)(H,99,100,105,106). The van der Waals surface area contributed by atoms with Crippen molar-refractivity contribution in [3.63, 3.8) is 0 Å². The third-order valence-electron chi connectivity index (χ3n) is 27.7. The average molecular weight is 1570 g/mol. The van der Waals surface area contributed by atoms with Crippen LogP contribution in [0.25, 0.3) is 123 Å². The van der Waals surface area contributed by atoms with Gasteiger partial charge in [-0.2, -0.15) is 15.8 Å². The van der Waals surface area contributed by atoms with Gasteiger partial charge in [0, 0.05) is 16.2 Å². The SMILES string of the molecule is COc1cc2c(cc1OC)C1(CC2(C)C)CC(C)(C)c2cc3oc4c(C#N)c5oc6cc7c(cc6oc5c(C#N)c4oc3cc21)C(C)(C)CC71CC(C)(C)c2cc3oc4c(C#N)c5oc6cc7c(cc6oc5c(-c5nnn[nH]5)c4oc3cc21)C(C)(C)CC71CC(C)(C)c2cc3c(cc21)Oc1c(c(-c2nnn[nH]2)c(C)c(C)c1-c1nnn[nH]1)O3. The number of benzene rings is 9. The largest absolute Gasteiger partial charge is 0.493 e. The lowest BCUT2D eigenvalue weighted by molar-refractivity contribution is 0.348. The first-order valence-electron chi connectivity index (χ1n) is 39.4. The van der Waals surface area contributed by atoms with Gasteiger partial charge < -0.3 is 54.3 Å². The molecule has 7 aromatic heterocycles. The van der Waals surface area contributed by atoms with Crippen molar-refractivity contribution >= 4 is 89.3 Å². The normalized spacial score (nSPS) is 21.0. The quantitative estimate of drug-likeness (QED) is 0.135. The summed E-state index contributed by atoms with van der Waals surface area (Å²) >= 11 is 0. The molecule has 0 bridgehead atoms. The van der Waals surface area contributed by atoms with Crippen LogP contribution in [0.15, 0.2) is 108 Å². The Morgan fingerprint density at radius 1 is 0.314 bits per heavy atom. The second-order valence-electron chi connectivity index (χ2n) is 37.5. The maximum Gasteiger partial charge on any atom is 0.193 e. The van der Waals surface area contributed by atoms with E-state index in [-0.39, 0.29) is 89.0 Å². The predicted octanol–water partition coefficient (Wildman–Crippen LogP) is 20.5. The first-order chi connectivity index (χ1) is 56.4. The minimum atomic E-state index is -0.659. The van der Waals surface area contributed by atoms with Gasteiger partial charge in [0.25, 0.3) is 0 Å². The van der Waals surface area contributed by atoms with Crippen LogP contribution in [-0.2, 0) is 48.7 Å². The molecule has 0 saturated heterocycles. The Bertz CT molecular complexity index is 7580. The number of nitrogens with one attached hydrogen (secondary N) is 3. The summed E-state index contributed by atoms with van der Waals surface area (Å²) in [5.74, 6) is 4.21. The highest BCUT2D eigenvalue weighted by Crippen LogP contribution is 2.70. The molecule has 27 nitrogen and oxygen atoms in total. The Kier molecular flexibility index (Phi) is 13.2. The van der Waals surface area contributed by atoms with Crippen LogP contribution in [0.1, 0.15) is 216 Å². The summed E-state index contributed by atoms with van der Waals surface area (Å²) in [4.78, 5) is 0. The second kappa shape index (κ2) is 22.3. The third-order valence-corrected chi connectivity index (χ3v) is 27.7. The number of H-pyrrole nitrogens is 3. The number of fused-ring (bicyclic) bond motifs is 22. The molecule has 16 aromatic rings. The van der Waals surface area contributed by atoms with E-state index in [2.05, 4.69) is 212 Å². The van der Waals surface area contributed by atoms with Gasteiger partial charge in [0.2, 0.25) is 0 Å². The molecule has 3 N–H and O–H groups in total. The number of nitriles is 3. The zero-order valence-corrected chi connectivity index (χ0v) is 67.4. The summed E-state index contributed by atoms with van der Waals surface area (Å²) in [6, 6.07) is 32.1. The smallest absolute Gasteiger partial charge is 0.193 e. The lowest BCUT2D eigenvalue weighted by Gasteiger charge is -2.31. The van der Waals surface area contributed by atoms with Crippen LogP contribution >= 0.6 is 0 Å². The fourth-order valence-corrected chi connectivity index (χ4v) is 23.3. The summed E-state index contributed by atoms with van der Waals surface area (Å²) < 4.78 is 82.3. The highest BCUT2D eigenvalue weighted by atomic mass is 16.6. The number of hydrogen-bond donors (Lipinski definition) is 3. The number of hydrogen-bond acceptors (Lipinski definition) is 24. The summed E-state index contributed by atoms with van der Waals surface area (Å²) in [5, 5.41) is 79.9. The van der Waals surface area contributed by atoms with Gasteiger partial charge in [-0.05, 0) is 267 Å². The van der Waals surface area contributed by atoms with E-state index in [4.69, 9.17) is 54.3 Å². The number of ether oxygens (including phenoxy) is 4. The van der Waals surface area contributed by atoms with E-state index in [1.807, 2.05) is 38.1 Å². The topological polar surface area (TPSA) is 377 Å². The molecule has 9 aromatic carbocycles. The van der Waals surface area contributed by atoms with Gasteiger partial charge in [0.05, 0.1) is 25.3 Å². The van der Waals surface area contributed by atoms with Crippen LogP contribution in [0.5, 0.6) is 34.5 Å². The molecule has 8 heterocycles.